The Morgan fingerprint density at radius 2 is 2.07 bits per heavy atom. The van der Waals surface area contributed by atoms with E-state index in [1.165, 1.54) is 11.3 Å². The fraction of sp³-hybridized carbons (Fsp3) is 0.0952. The lowest BCUT2D eigenvalue weighted by Crippen LogP contribution is -2.10. The Balaban J connectivity index is 1.41. The number of hydrogen-bond acceptors (Lipinski definition) is 6. The van der Waals surface area contributed by atoms with E-state index in [4.69, 9.17) is 4.42 Å². The molecule has 0 atom stereocenters. The highest BCUT2D eigenvalue weighted by Crippen LogP contribution is 2.31. The molecule has 0 unspecified atom stereocenters. The number of nitrogens with one attached hydrogen (secondary N) is 1. The molecule has 1 aromatic carbocycles. The van der Waals surface area contributed by atoms with E-state index in [-0.39, 0.29) is 5.56 Å². The highest BCUT2D eigenvalue weighted by Gasteiger charge is 2.15. The van der Waals surface area contributed by atoms with Crippen LogP contribution in [-0.2, 0) is 12.8 Å². The van der Waals surface area contributed by atoms with Crippen molar-refractivity contribution >= 4 is 33.3 Å². The van der Waals surface area contributed by atoms with Crippen LogP contribution in [0.4, 0.5) is 0 Å². The lowest BCUT2D eigenvalue weighted by molar-refractivity contribution is 0.583. The summed E-state index contributed by atoms with van der Waals surface area (Å²) in [7, 11) is 1.99. The Bertz CT molecular complexity index is 1330. The maximum atomic E-state index is 12.7. The molecule has 0 aliphatic rings. The average Bonchev–Trinajstić information content (AvgIpc) is 3.47. The molecule has 0 fully saturated rings. The number of thiophene rings is 1. The molecule has 0 radical (unpaired) electrons. The Hall–Kier alpha value is -3.10. The Labute approximate surface area is 174 Å². The van der Waals surface area contributed by atoms with Crippen LogP contribution in [0.3, 0.4) is 0 Å². The van der Waals surface area contributed by atoms with Crippen LogP contribution < -0.4 is 5.56 Å². The average molecular weight is 421 g/mol. The Morgan fingerprint density at radius 1 is 1.21 bits per heavy atom. The van der Waals surface area contributed by atoms with Crippen LogP contribution in [-0.4, -0.2) is 19.5 Å². The molecule has 0 saturated heterocycles. The summed E-state index contributed by atoms with van der Waals surface area (Å²) >= 11 is 2.99. The zero-order valence-electron chi connectivity index (χ0n) is 15.5. The molecule has 6 nitrogen and oxygen atoms in total. The predicted octanol–water partition coefficient (Wildman–Crippen LogP) is 4.94. The van der Waals surface area contributed by atoms with Crippen molar-refractivity contribution in [3.05, 3.63) is 76.5 Å². The summed E-state index contributed by atoms with van der Waals surface area (Å²) in [5.74, 6) is 1.83. The molecule has 0 aliphatic carbocycles. The van der Waals surface area contributed by atoms with Gasteiger partial charge in [0.1, 0.15) is 16.4 Å². The first-order chi connectivity index (χ1) is 14.2. The van der Waals surface area contributed by atoms with Crippen LogP contribution in [0.15, 0.2) is 74.7 Å². The topological polar surface area (TPSA) is 76.7 Å². The van der Waals surface area contributed by atoms with E-state index in [0.29, 0.717) is 27.6 Å². The van der Waals surface area contributed by atoms with Crippen LogP contribution in [0, 0.1) is 0 Å². The minimum Gasteiger partial charge on any atom is -0.464 e. The second-order valence-corrected chi connectivity index (χ2v) is 8.26. The lowest BCUT2D eigenvalue weighted by atomic mass is 10.2. The summed E-state index contributed by atoms with van der Waals surface area (Å²) in [6, 6.07) is 13.8. The van der Waals surface area contributed by atoms with Crippen LogP contribution in [0.2, 0.25) is 0 Å². The molecule has 4 aromatic heterocycles. The van der Waals surface area contributed by atoms with Crippen LogP contribution >= 0.6 is 23.1 Å². The van der Waals surface area contributed by atoms with Gasteiger partial charge >= 0.3 is 0 Å². The number of thioether (sulfide) groups is 1. The van der Waals surface area contributed by atoms with E-state index in [0.717, 1.165) is 22.0 Å². The minimum absolute atomic E-state index is 0.150. The van der Waals surface area contributed by atoms with Gasteiger partial charge in [-0.15, -0.1) is 11.3 Å². The molecule has 8 heteroatoms. The molecule has 5 rings (SSSR count). The standard InChI is InChI=1S/C21H16N4O2S2/c1-25-15(13-6-3-2-4-7-13)10-22-21(25)29-12-17-23-19(26)18-14(11-28-20(18)24-17)16-8-5-9-27-16/h2-11H,12H2,1H3,(H,23,24,26). The maximum absolute atomic E-state index is 12.7. The molecular formula is C21H16N4O2S2. The predicted molar refractivity (Wildman–Crippen MR) is 116 cm³/mol. The Kier molecular flexibility index (Phi) is 4.57. The zero-order chi connectivity index (χ0) is 19.8. The molecule has 0 spiro atoms. The van der Waals surface area contributed by atoms with Crippen molar-refractivity contribution in [3.8, 4) is 22.6 Å². The van der Waals surface area contributed by atoms with Gasteiger partial charge in [-0.2, -0.15) is 0 Å². The van der Waals surface area contributed by atoms with Gasteiger partial charge in [-0.3, -0.25) is 4.79 Å². The molecule has 29 heavy (non-hydrogen) atoms. The number of imidazole rings is 1. The normalized spacial score (nSPS) is 11.3. The first kappa shape index (κ1) is 18.0. The van der Waals surface area contributed by atoms with Crippen molar-refractivity contribution in [2.75, 3.05) is 0 Å². The maximum Gasteiger partial charge on any atom is 0.260 e. The zero-order valence-corrected chi connectivity index (χ0v) is 17.1. The molecule has 1 N–H and O–H groups in total. The van der Waals surface area contributed by atoms with Crippen molar-refractivity contribution in [3.63, 3.8) is 0 Å². The van der Waals surface area contributed by atoms with Crippen molar-refractivity contribution in [1.29, 1.82) is 0 Å². The number of fused-ring (bicyclic) bond motifs is 1. The summed E-state index contributed by atoms with van der Waals surface area (Å²) in [6.45, 7) is 0. The van der Waals surface area contributed by atoms with Crippen LogP contribution in [0.5, 0.6) is 0 Å². The third-order valence-electron chi connectivity index (χ3n) is 4.63. The molecule has 0 aliphatic heterocycles. The number of benzene rings is 1. The van der Waals surface area contributed by atoms with Crippen molar-refractivity contribution in [2.45, 2.75) is 10.9 Å². The number of hydrogen-bond donors (Lipinski definition) is 1. The minimum atomic E-state index is -0.150. The van der Waals surface area contributed by atoms with E-state index in [2.05, 4.69) is 31.7 Å². The van der Waals surface area contributed by atoms with Gasteiger partial charge in [0.25, 0.3) is 5.56 Å². The van der Waals surface area contributed by atoms with E-state index < -0.39 is 0 Å². The first-order valence-corrected chi connectivity index (χ1v) is 10.8. The third-order valence-corrected chi connectivity index (χ3v) is 6.56. The SMILES string of the molecule is Cn1c(-c2ccccc2)cnc1SCc1nc2scc(-c3ccco3)c2c(=O)[nH]1. The van der Waals surface area contributed by atoms with E-state index in [1.54, 1.807) is 18.0 Å². The second kappa shape index (κ2) is 7.38. The van der Waals surface area contributed by atoms with Crippen molar-refractivity contribution in [1.82, 2.24) is 19.5 Å². The van der Waals surface area contributed by atoms with E-state index >= 15 is 0 Å². The molecule has 5 aromatic rings. The quantitative estimate of drug-likeness (QED) is 0.408. The summed E-state index contributed by atoms with van der Waals surface area (Å²) in [6.07, 6.45) is 3.47. The summed E-state index contributed by atoms with van der Waals surface area (Å²) in [5, 5.41) is 3.35. The fourth-order valence-corrected chi connectivity index (χ4v) is 4.98. The number of rotatable bonds is 5. The Morgan fingerprint density at radius 3 is 2.86 bits per heavy atom. The van der Waals surface area contributed by atoms with Crippen molar-refractivity contribution < 1.29 is 4.42 Å². The van der Waals surface area contributed by atoms with Gasteiger partial charge in [0, 0.05) is 18.0 Å². The number of aromatic nitrogens is 4. The van der Waals surface area contributed by atoms with Gasteiger partial charge in [0.05, 0.1) is 29.3 Å². The van der Waals surface area contributed by atoms with Crippen LogP contribution in [0.25, 0.3) is 32.8 Å². The van der Waals surface area contributed by atoms with Gasteiger partial charge in [0.2, 0.25) is 0 Å². The number of nitrogens with zero attached hydrogens (tertiary/aromatic N) is 3. The molecule has 0 bridgehead atoms. The fourth-order valence-electron chi connectivity index (χ4n) is 3.21. The first-order valence-electron chi connectivity index (χ1n) is 8.95. The lowest BCUT2D eigenvalue weighted by Gasteiger charge is -2.06. The highest BCUT2D eigenvalue weighted by molar-refractivity contribution is 7.98. The van der Waals surface area contributed by atoms with Gasteiger partial charge in [0.15, 0.2) is 5.16 Å². The van der Waals surface area contributed by atoms with Gasteiger partial charge in [-0.1, -0.05) is 42.1 Å². The summed E-state index contributed by atoms with van der Waals surface area (Å²) in [4.78, 5) is 25.5. The highest BCUT2D eigenvalue weighted by atomic mass is 32.2. The van der Waals surface area contributed by atoms with Gasteiger partial charge in [-0.05, 0) is 17.7 Å². The smallest absolute Gasteiger partial charge is 0.260 e. The molecule has 0 saturated carbocycles. The largest absolute Gasteiger partial charge is 0.464 e. The molecule has 0 amide bonds. The van der Waals surface area contributed by atoms with Crippen molar-refractivity contribution in [2.24, 2.45) is 7.05 Å². The number of furan rings is 1. The summed E-state index contributed by atoms with van der Waals surface area (Å²) < 4.78 is 7.49. The molecule has 144 valence electrons. The number of aromatic amines is 1. The third kappa shape index (κ3) is 3.30. The van der Waals surface area contributed by atoms with E-state index in [9.17, 15) is 4.79 Å². The monoisotopic (exact) mass is 420 g/mol. The molecule has 4 heterocycles. The molecular weight excluding hydrogens is 404 g/mol. The van der Waals surface area contributed by atoms with Crippen LogP contribution in [0.1, 0.15) is 5.82 Å². The van der Waals surface area contributed by atoms with E-state index in [1.807, 2.05) is 49.0 Å². The number of H-pyrrole nitrogens is 1. The summed E-state index contributed by atoms with van der Waals surface area (Å²) in [5.41, 5.74) is 2.79. The van der Waals surface area contributed by atoms with Gasteiger partial charge in [-0.25, -0.2) is 9.97 Å². The second-order valence-electron chi connectivity index (χ2n) is 6.46. The van der Waals surface area contributed by atoms with Gasteiger partial charge < -0.3 is 14.0 Å².